The Morgan fingerprint density at radius 1 is 1.28 bits per heavy atom. The number of rotatable bonds is 4. The smallest absolute Gasteiger partial charge is 0.290 e. The van der Waals surface area contributed by atoms with Crippen molar-refractivity contribution in [1.82, 2.24) is 19.6 Å². The van der Waals surface area contributed by atoms with Crippen molar-refractivity contribution in [3.05, 3.63) is 18.0 Å². The van der Waals surface area contributed by atoms with Crippen molar-refractivity contribution in [2.75, 3.05) is 39.4 Å². The Kier molecular flexibility index (Phi) is 7.63. The molecule has 1 aliphatic carbocycles. The Labute approximate surface area is 171 Å². The predicted molar refractivity (Wildman–Crippen MR) is 105 cm³/mol. The lowest BCUT2D eigenvalue weighted by atomic mass is 9.77. The fraction of sp³-hybridized carbons (Fsp3) is 0.750. The first-order valence-electron chi connectivity index (χ1n) is 10.4. The average Bonchev–Trinajstić information content (AvgIpc) is 3.32. The number of nitrogens with zero attached hydrogens (tertiary/aromatic N) is 4. The Balaban J connectivity index is 0.000000755. The summed E-state index contributed by atoms with van der Waals surface area (Å²) in [5, 5.41) is 21.7. The number of aryl methyl sites for hydroxylation is 2. The number of hydrogen-bond acceptors (Lipinski definition) is 6. The van der Waals surface area contributed by atoms with E-state index in [4.69, 9.17) is 14.6 Å². The molecule has 9 nitrogen and oxygen atoms in total. The van der Waals surface area contributed by atoms with E-state index in [0.29, 0.717) is 18.3 Å². The van der Waals surface area contributed by atoms with Gasteiger partial charge in [0.05, 0.1) is 19.3 Å². The number of likely N-dealkylation sites (tertiary alicyclic amines) is 1. The van der Waals surface area contributed by atoms with Gasteiger partial charge in [-0.05, 0) is 37.2 Å². The number of hydrogen-bond donors (Lipinski definition) is 2. The Morgan fingerprint density at radius 2 is 1.93 bits per heavy atom. The molecule has 3 aliphatic rings. The standard InChI is InChI=1S/C19H30N4O3.CH2O2/c1-21-16(4-5-20-21)2-3-19(25)23-12-14-10-17(18(24)11-15(14)13-23)22-6-8-26-9-7-22;2-1-3/h4-5,14-15,17-18,24H,2-3,6-13H2,1H3;1H,(H,2,3)/t14-,15+,17-,18-;/m1./s1. The highest BCUT2D eigenvalue weighted by molar-refractivity contribution is 5.76. The summed E-state index contributed by atoms with van der Waals surface area (Å²) in [6.45, 7) is 4.75. The number of fused-ring (bicyclic) bond motifs is 1. The van der Waals surface area contributed by atoms with E-state index < -0.39 is 0 Å². The summed E-state index contributed by atoms with van der Waals surface area (Å²) >= 11 is 0. The van der Waals surface area contributed by atoms with Crippen LogP contribution in [0.4, 0.5) is 0 Å². The lowest BCUT2D eigenvalue weighted by Crippen LogP contribution is -2.53. The molecule has 2 saturated heterocycles. The van der Waals surface area contributed by atoms with E-state index in [0.717, 1.165) is 64.3 Å². The van der Waals surface area contributed by atoms with Crippen LogP contribution in [-0.2, 0) is 27.8 Å². The maximum absolute atomic E-state index is 12.7. The van der Waals surface area contributed by atoms with Gasteiger partial charge in [-0.1, -0.05) is 0 Å². The first-order chi connectivity index (χ1) is 14.0. The van der Waals surface area contributed by atoms with Crippen molar-refractivity contribution < 1.29 is 24.5 Å². The molecule has 1 aromatic heterocycles. The molecule has 29 heavy (non-hydrogen) atoms. The number of ether oxygens (including phenoxy) is 1. The first kappa shape index (κ1) is 21.7. The minimum atomic E-state index is -0.279. The second-order valence-electron chi connectivity index (χ2n) is 8.12. The Bertz CT molecular complexity index is 676. The van der Waals surface area contributed by atoms with Crippen molar-refractivity contribution in [3.8, 4) is 0 Å². The van der Waals surface area contributed by atoms with E-state index in [2.05, 4.69) is 10.00 Å². The topological polar surface area (TPSA) is 108 Å². The van der Waals surface area contributed by atoms with Crippen molar-refractivity contribution in [2.24, 2.45) is 18.9 Å². The summed E-state index contributed by atoms with van der Waals surface area (Å²) in [5.74, 6) is 1.20. The molecular formula is C20H32N4O5. The number of aliphatic hydroxyl groups is 1. The zero-order chi connectivity index (χ0) is 20.8. The average molecular weight is 408 g/mol. The summed E-state index contributed by atoms with van der Waals surface area (Å²) < 4.78 is 7.28. The molecule has 9 heteroatoms. The van der Waals surface area contributed by atoms with Crippen LogP contribution < -0.4 is 0 Å². The zero-order valence-corrected chi connectivity index (χ0v) is 17.0. The molecule has 1 aromatic rings. The molecule has 162 valence electrons. The van der Waals surface area contributed by atoms with E-state index in [1.54, 1.807) is 6.20 Å². The van der Waals surface area contributed by atoms with Crippen LogP contribution in [0.25, 0.3) is 0 Å². The minimum Gasteiger partial charge on any atom is -0.483 e. The third-order valence-corrected chi connectivity index (χ3v) is 6.49. The molecule has 1 amide bonds. The third kappa shape index (κ3) is 5.34. The van der Waals surface area contributed by atoms with Gasteiger partial charge in [-0.25, -0.2) is 0 Å². The molecule has 3 fully saturated rings. The molecular weight excluding hydrogens is 376 g/mol. The number of morpholine rings is 1. The van der Waals surface area contributed by atoms with Crippen LogP contribution in [-0.4, -0.2) is 93.7 Å². The molecule has 0 spiro atoms. The van der Waals surface area contributed by atoms with Gasteiger partial charge in [0.2, 0.25) is 5.91 Å². The number of aromatic nitrogens is 2. The van der Waals surface area contributed by atoms with Crippen LogP contribution in [0.5, 0.6) is 0 Å². The monoisotopic (exact) mass is 408 g/mol. The quantitative estimate of drug-likeness (QED) is 0.674. The van der Waals surface area contributed by atoms with Gasteiger partial charge >= 0.3 is 0 Å². The fourth-order valence-corrected chi connectivity index (χ4v) is 4.95. The lowest BCUT2D eigenvalue weighted by molar-refractivity contribution is -0.130. The molecule has 2 aliphatic heterocycles. The van der Waals surface area contributed by atoms with Crippen molar-refractivity contribution >= 4 is 12.4 Å². The molecule has 1 saturated carbocycles. The summed E-state index contributed by atoms with van der Waals surface area (Å²) in [7, 11) is 1.91. The van der Waals surface area contributed by atoms with Crippen LogP contribution in [0, 0.1) is 11.8 Å². The summed E-state index contributed by atoms with van der Waals surface area (Å²) in [6, 6.07) is 2.20. The highest BCUT2D eigenvalue weighted by Gasteiger charge is 2.44. The van der Waals surface area contributed by atoms with Gasteiger partial charge in [0.15, 0.2) is 0 Å². The maximum atomic E-state index is 12.7. The normalized spacial score (nSPS) is 29.7. The van der Waals surface area contributed by atoms with Crippen LogP contribution >= 0.6 is 0 Å². The maximum Gasteiger partial charge on any atom is 0.290 e. The minimum absolute atomic E-state index is 0.227. The lowest BCUT2D eigenvalue weighted by Gasteiger charge is -2.43. The van der Waals surface area contributed by atoms with Gasteiger partial charge in [-0.2, -0.15) is 5.10 Å². The summed E-state index contributed by atoms with van der Waals surface area (Å²) in [6.07, 6.45) is 4.58. The van der Waals surface area contributed by atoms with E-state index >= 15 is 0 Å². The van der Waals surface area contributed by atoms with E-state index in [9.17, 15) is 9.90 Å². The van der Waals surface area contributed by atoms with Crippen molar-refractivity contribution in [3.63, 3.8) is 0 Å². The number of aliphatic hydroxyl groups excluding tert-OH is 1. The van der Waals surface area contributed by atoms with Gasteiger partial charge < -0.3 is 19.8 Å². The van der Waals surface area contributed by atoms with Crippen LogP contribution in [0.15, 0.2) is 12.3 Å². The largest absolute Gasteiger partial charge is 0.483 e. The van der Waals surface area contributed by atoms with Gasteiger partial charge in [0.1, 0.15) is 0 Å². The SMILES string of the molecule is Cn1nccc1CCC(=O)N1C[C@H]2C[C@@H](N3CCOCC3)[C@H](O)C[C@H]2C1.O=CO. The molecule has 3 heterocycles. The Morgan fingerprint density at radius 3 is 2.55 bits per heavy atom. The Hall–Kier alpha value is -1.97. The molecule has 4 atom stereocenters. The molecule has 0 radical (unpaired) electrons. The van der Waals surface area contributed by atoms with Crippen LogP contribution in [0.1, 0.15) is 25.0 Å². The van der Waals surface area contributed by atoms with Crippen LogP contribution in [0.3, 0.4) is 0 Å². The van der Waals surface area contributed by atoms with Crippen LogP contribution in [0.2, 0.25) is 0 Å². The number of carbonyl (C=O) groups excluding carboxylic acids is 1. The summed E-state index contributed by atoms with van der Waals surface area (Å²) in [5.41, 5.74) is 1.10. The second kappa shape index (κ2) is 10.2. The second-order valence-corrected chi connectivity index (χ2v) is 8.12. The van der Waals surface area contributed by atoms with E-state index in [1.807, 2.05) is 22.7 Å². The third-order valence-electron chi connectivity index (χ3n) is 6.49. The highest BCUT2D eigenvalue weighted by atomic mass is 16.5. The fourth-order valence-electron chi connectivity index (χ4n) is 4.95. The summed E-state index contributed by atoms with van der Waals surface area (Å²) in [4.78, 5) is 25.4. The predicted octanol–water partition coefficient (Wildman–Crippen LogP) is -0.0164. The van der Waals surface area contributed by atoms with Gasteiger partial charge in [0.25, 0.3) is 6.47 Å². The molecule has 0 bridgehead atoms. The highest BCUT2D eigenvalue weighted by Crippen LogP contribution is 2.38. The van der Waals surface area contributed by atoms with E-state index in [-0.39, 0.29) is 24.5 Å². The molecule has 0 aromatic carbocycles. The number of amides is 1. The number of carbonyl (C=O) groups is 2. The van der Waals surface area contributed by atoms with E-state index in [1.165, 1.54) is 0 Å². The van der Waals surface area contributed by atoms with Crippen molar-refractivity contribution in [1.29, 1.82) is 0 Å². The zero-order valence-electron chi connectivity index (χ0n) is 17.0. The first-order valence-corrected chi connectivity index (χ1v) is 10.4. The van der Waals surface area contributed by atoms with Gasteiger partial charge in [0, 0.05) is 57.6 Å². The van der Waals surface area contributed by atoms with Gasteiger partial charge in [-0.3, -0.25) is 19.2 Å². The molecule has 0 unspecified atom stereocenters. The van der Waals surface area contributed by atoms with Gasteiger partial charge in [-0.15, -0.1) is 0 Å². The van der Waals surface area contributed by atoms with Crippen molar-refractivity contribution in [2.45, 2.75) is 37.8 Å². The molecule has 2 N–H and O–H groups in total. The number of carboxylic acid groups (broad SMARTS) is 1. The molecule has 4 rings (SSSR count).